The van der Waals surface area contributed by atoms with Gasteiger partial charge < -0.3 is 5.48 Å². The van der Waals surface area contributed by atoms with Gasteiger partial charge in [0.1, 0.15) is 12.4 Å². The van der Waals surface area contributed by atoms with Crippen molar-refractivity contribution in [3.8, 4) is 0 Å². The number of aryl methyl sites for hydroxylation is 2. The summed E-state index contributed by atoms with van der Waals surface area (Å²) in [5.74, 6) is 0. The van der Waals surface area contributed by atoms with Crippen LogP contribution in [-0.4, -0.2) is 10.0 Å². The van der Waals surface area contributed by atoms with Crippen molar-refractivity contribution in [3.63, 3.8) is 0 Å². The number of imidazole rings is 1. The molecule has 0 unspecified atom stereocenters. The van der Waals surface area contributed by atoms with E-state index in [1.165, 1.54) is 12.8 Å². The van der Waals surface area contributed by atoms with Crippen molar-refractivity contribution in [2.24, 2.45) is 7.05 Å². The molecule has 0 saturated carbocycles. The molecule has 0 bridgehead atoms. The Labute approximate surface area is 67.6 Å². The zero-order valence-electron chi connectivity index (χ0n) is 7.20. The molecule has 0 aliphatic heterocycles. The van der Waals surface area contributed by atoms with Crippen LogP contribution in [0.4, 0.5) is 0 Å². The minimum atomic E-state index is 0. The van der Waals surface area contributed by atoms with Crippen molar-refractivity contribution in [1.29, 1.82) is 0 Å². The van der Waals surface area contributed by atoms with Crippen LogP contribution < -0.4 is 4.57 Å². The van der Waals surface area contributed by atoms with Crippen LogP contribution in [0, 0.1) is 0 Å². The second-order valence-electron chi connectivity index (χ2n) is 2.67. The summed E-state index contributed by atoms with van der Waals surface area (Å²) in [4.78, 5) is 0. The SMILES string of the molecule is CCCC[n+]1ccn(C)c1.[OH-]. The Kier molecular flexibility index (Phi) is 4.54. The van der Waals surface area contributed by atoms with Crippen molar-refractivity contribution < 1.29 is 10.0 Å². The summed E-state index contributed by atoms with van der Waals surface area (Å²) in [7, 11) is 2.04. The molecule has 0 spiro atoms. The van der Waals surface area contributed by atoms with Crippen LogP contribution in [-0.2, 0) is 13.6 Å². The molecule has 0 radical (unpaired) electrons. The van der Waals surface area contributed by atoms with E-state index in [4.69, 9.17) is 0 Å². The highest BCUT2D eigenvalue weighted by atomic mass is 16.0. The van der Waals surface area contributed by atoms with E-state index in [2.05, 4.69) is 34.8 Å². The minimum Gasteiger partial charge on any atom is -0.870 e. The van der Waals surface area contributed by atoms with Crippen molar-refractivity contribution in [2.45, 2.75) is 26.3 Å². The second kappa shape index (κ2) is 4.91. The highest BCUT2D eigenvalue weighted by molar-refractivity contribution is 4.61. The fourth-order valence-corrected chi connectivity index (χ4v) is 0.975. The van der Waals surface area contributed by atoms with Gasteiger partial charge in [0.15, 0.2) is 0 Å². The van der Waals surface area contributed by atoms with Crippen LogP contribution in [0.2, 0.25) is 0 Å². The first kappa shape index (κ1) is 10.2. The molecule has 1 rings (SSSR count). The Morgan fingerprint density at radius 2 is 2.18 bits per heavy atom. The summed E-state index contributed by atoms with van der Waals surface area (Å²) in [5, 5.41) is 0. The van der Waals surface area contributed by atoms with Crippen molar-refractivity contribution in [2.75, 3.05) is 0 Å². The van der Waals surface area contributed by atoms with Gasteiger partial charge in [0.25, 0.3) is 0 Å². The molecular weight excluding hydrogens is 140 g/mol. The number of hydrogen-bond donors (Lipinski definition) is 0. The molecule has 1 heterocycles. The molecule has 1 aromatic heterocycles. The quantitative estimate of drug-likeness (QED) is 0.600. The van der Waals surface area contributed by atoms with Crippen LogP contribution in [0.25, 0.3) is 0 Å². The molecular formula is C8H16N2O. The summed E-state index contributed by atoms with van der Waals surface area (Å²) in [5.41, 5.74) is 0. The largest absolute Gasteiger partial charge is 0.870 e. The fraction of sp³-hybridized carbons (Fsp3) is 0.625. The lowest BCUT2D eigenvalue weighted by molar-refractivity contribution is -0.696. The minimum absolute atomic E-state index is 0. The van der Waals surface area contributed by atoms with Crippen LogP contribution >= 0.6 is 0 Å². The first-order valence-electron chi connectivity index (χ1n) is 3.84. The van der Waals surface area contributed by atoms with E-state index in [0.29, 0.717) is 0 Å². The van der Waals surface area contributed by atoms with Gasteiger partial charge in [-0.05, 0) is 6.42 Å². The highest BCUT2D eigenvalue weighted by Gasteiger charge is 1.96. The van der Waals surface area contributed by atoms with Gasteiger partial charge >= 0.3 is 0 Å². The third-order valence-electron chi connectivity index (χ3n) is 1.59. The fourth-order valence-electron chi connectivity index (χ4n) is 0.975. The normalized spacial score (nSPS) is 9.27. The van der Waals surface area contributed by atoms with Gasteiger partial charge in [-0.25, -0.2) is 9.13 Å². The highest BCUT2D eigenvalue weighted by Crippen LogP contribution is 1.85. The van der Waals surface area contributed by atoms with Gasteiger partial charge in [-0.1, -0.05) is 13.3 Å². The number of unbranched alkanes of at least 4 members (excludes halogenated alkanes) is 1. The lowest BCUT2D eigenvalue weighted by Gasteiger charge is -1.90. The molecule has 3 heteroatoms. The molecule has 1 aromatic rings. The Balaban J connectivity index is 0.000001000. The van der Waals surface area contributed by atoms with Gasteiger partial charge in [-0.2, -0.15) is 0 Å². The Bertz CT molecular complexity index is 196. The molecule has 0 aromatic carbocycles. The molecule has 0 aliphatic carbocycles. The Hall–Kier alpha value is -0.830. The lowest BCUT2D eigenvalue weighted by Crippen LogP contribution is -2.30. The number of hydrogen-bond acceptors (Lipinski definition) is 1. The standard InChI is InChI=1S/C8H15N2.H2O/c1-3-4-5-10-7-6-9(2)8-10;/h6-8H,3-5H2,1-2H3;1H2/q+1;/p-1. The number of rotatable bonds is 3. The van der Waals surface area contributed by atoms with Crippen LogP contribution in [0.1, 0.15) is 19.8 Å². The Morgan fingerprint density at radius 3 is 2.64 bits per heavy atom. The van der Waals surface area contributed by atoms with Crippen LogP contribution in [0.15, 0.2) is 18.7 Å². The predicted molar refractivity (Wildman–Crippen MR) is 42.5 cm³/mol. The Morgan fingerprint density at radius 1 is 1.45 bits per heavy atom. The summed E-state index contributed by atoms with van der Waals surface area (Å²) in [6.45, 7) is 3.36. The van der Waals surface area contributed by atoms with E-state index < -0.39 is 0 Å². The maximum absolute atomic E-state index is 2.21. The topological polar surface area (TPSA) is 38.8 Å². The summed E-state index contributed by atoms with van der Waals surface area (Å²) < 4.78 is 4.28. The first-order valence-corrected chi connectivity index (χ1v) is 3.84. The van der Waals surface area contributed by atoms with Gasteiger partial charge in [0.2, 0.25) is 6.33 Å². The zero-order valence-corrected chi connectivity index (χ0v) is 7.20. The molecule has 0 atom stereocenters. The van der Waals surface area contributed by atoms with Gasteiger partial charge in [0.05, 0.1) is 13.6 Å². The summed E-state index contributed by atoms with van der Waals surface area (Å²) in [6.07, 6.45) is 8.82. The smallest absolute Gasteiger partial charge is 0.243 e. The summed E-state index contributed by atoms with van der Waals surface area (Å²) >= 11 is 0. The predicted octanol–water partition coefficient (Wildman–Crippen LogP) is 0.936. The van der Waals surface area contributed by atoms with Crippen LogP contribution in [0.5, 0.6) is 0 Å². The average Bonchev–Trinajstić information content (AvgIpc) is 2.31. The average molecular weight is 156 g/mol. The third kappa shape index (κ3) is 3.18. The maximum Gasteiger partial charge on any atom is 0.243 e. The van der Waals surface area contributed by atoms with Crippen molar-refractivity contribution in [1.82, 2.24) is 4.57 Å². The van der Waals surface area contributed by atoms with E-state index in [9.17, 15) is 0 Å². The van der Waals surface area contributed by atoms with Gasteiger partial charge in [0, 0.05) is 0 Å². The molecule has 0 amide bonds. The molecule has 3 nitrogen and oxygen atoms in total. The van der Waals surface area contributed by atoms with E-state index in [0.717, 1.165) is 6.54 Å². The van der Waals surface area contributed by atoms with Crippen molar-refractivity contribution in [3.05, 3.63) is 18.7 Å². The zero-order chi connectivity index (χ0) is 7.40. The van der Waals surface area contributed by atoms with Gasteiger partial charge in [-0.3, -0.25) is 0 Å². The lowest BCUT2D eigenvalue weighted by atomic mass is 10.3. The summed E-state index contributed by atoms with van der Waals surface area (Å²) in [6, 6.07) is 0. The maximum atomic E-state index is 2.21. The van der Waals surface area contributed by atoms with Crippen LogP contribution in [0.3, 0.4) is 0 Å². The van der Waals surface area contributed by atoms with Crippen molar-refractivity contribution >= 4 is 0 Å². The third-order valence-corrected chi connectivity index (χ3v) is 1.59. The molecule has 1 N–H and O–H groups in total. The first-order chi connectivity index (χ1) is 4.83. The monoisotopic (exact) mass is 156 g/mol. The van der Waals surface area contributed by atoms with E-state index >= 15 is 0 Å². The van der Waals surface area contributed by atoms with E-state index in [-0.39, 0.29) is 5.48 Å². The molecule has 64 valence electrons. The molecule has 0 fully saturated rings. The molecule has 0 aliphatic rings. The molecule has 11 heavy (non-hydrogen) atoms. The number of nitrogens with zero attached hydrogens (tertiary/aromatic N) is 2. The number of aromatic nitrogens is 2. The van der Waals surface area contributed by atoms with E-state index in [1.807, 2.05) is 7.05 Å². The second-order valence-corrected chi connectivity index (χ2v) is 2.67. The molecule has 0 saturated heterocycles. The van der Waals surface area contributed by atoms with Gasteiger partial charge in [-0.15, -0.1) is 0 Å². The van der Waals surface area contributed by atoms with E-state index in [1.54, 1.807) is 0 Å².